The van der Waals surface area contributed by atoms with Gasteiger partial charge in [0.05, 0.1) is 35.7 Å². The summed E-state index contributed by atoms with van der Waals surface area (Å²) in [5.74, 6) is -0.365. The summed E-state index contributed by atoms with van der Waals surface area (Å²) in [6.07, 6.45) is 6.52. The monoisotopic (exact) mass is 376 g/mol. The Morgan fingerprint density at radius 2 is 2.04 bits per heavy atom. The highest BCUT2D eigenvalue weighted by Crippen LogP contribution is 2.30. The van der Waals surface area contributed by atoms with Crippen LogP contribution in [0.2, 0.25) is 0 Å². The van der Waals surface area contributed by atoms with Gasteiger partial charge in [0, 0.05) is 23.7 Å². The first-order valence-electron chi connectivity index (χ1n) is 8.16. The highest BCUT2D eigenvalue weighted by atomic mass is 32.1. The molecule has 27 heavy (non-hydrogen) atoms. The summed E-state index contributed by atoms with van der Waals surface area (Å²) in [7, 11) is 1.83. The van der Waals surface area contributed by atoms with Crippen LogP contribution in [0.15, 0.2) is 60.5 Å². The van der Waals surface area contributed by atoms with E-state index in [0.717, 1.165) is 16.0 Å². The Morgan fingerprint density at radius 3 is 2.70 bits per heavy atom. The second kappa shape index (κ2) is 7.00. The summed E-state index contributed by atoms with van der Waals surface area (Å²) >= 11 is 1.62. The molecule has 0 spiro atoms. The summed E-state index contributed by atoms with van der Waals surface area (Å²) < 4.78 is 1.68. The summed E-state index contributed by atoms with van der Waals surface area (Å²) in [6.45, 7) is 0. The van der Waals surface area contributed by atoms with Crippen molar-refractivity contribution in [2.75, 3.05) is 11.1 Å². The number of anilines is 2. The Morgan fingerprint density at radius 1 is 1.15 bits per heavy atom. The normalized spacial score (nSPS) is 10.7. The van der Waals surface area contributed by atoms with Crippen molar-refractivity contribution in [3.8, 4) is 21.7 Å². The van der Waals surface area contributed by atoms with Crippen LogP contribution in [0.5, 0.6) is 0 Å². The quantitative estimate of drug-likeness (QED) is 0.532. The van der Waals surface area contributed by atoms with Crippen LogP contribution < -0.4 is 11.1 Å². The topological polar surface area (TPSA) is 98.7 Å². The number of aromatic nitrogens is 4. The van der Waals surface area contributed by atoms with Crippen LogP contribution in [0.4, 0.5) is 11.4 Å². The van der Waals surface area contributed by atoms with Crippen molar-refractivity contribution in [3.63, 3.8) is 0 Å². The van der Waals surface area contributed by atoms with Crippen LogP contribution in [0.3, 0.4) is 0 Å². The molecule has 3 aromatic heterocycles. The lowest BCUT2D eigenvalue weighted by atomic mass is 10.1. The molecular formula is C19H16N6OS. The first-order valence-corrected chi connectivity index (χ1v) is 9.04. The zero-order valence-electron chi connectivity index (χ0n) is 14.5. The van der Waals surface area contributed by atoms with E-state index < -0.39 is 0 Å². The van der Waals surface area contributed by atoms with E-state index in [2.05, 4.69) is 20.4 Å². The number of nitrogens with two attached hydrogens (primary N) is 1. The van der Waals surface area contributed by atoms with Crippen LogP contribution in [0.1, 0.15) is 10.5 Å². The van der Waals surface area contributed by atoms with Gasteiger partial charge in [-0.1, -0.05) is 12.1 Å². The standard InChI is InChI=1S/C19H16N6OS/c1-25-11-13(8-23-25)16-9-22-17(10-21-16)19(26)24-15-7-12(4-5-14(15)20)18-3-2-6-27-18/h2-11H,20H2,1H3,(H,24,26). The Hall–Kier alpha value is -3.52. The van der Waals surface area contributed by atoms with Crippen molar-refractivity contribution in [2.24, 2.45) is 7.05 Å². The molecular weight excluding hydrogens is 360 g/mol. The molecule has 3 heterocycles. The second-order valence-electron chi connectivity index (χ2n) is 5.92. The van der Waals surface area contributed by atoms with Gasteiger partial charge in [-0.2, -0.15) is 5.10 Å². The van der Waals surface area contributed by atoms with Gasteiger partial charge in [0.15, 0.2) is 0 Å². The molecule has 0 fully saturated rings. The van der Waals surface area contributed by atoms with E-state index in [-0.39, 0.29) is 11.6 Å². The Bertz CT molecular complexity index is 1090. The first kappa shape index (κ1) is 16.9. The number of amides is 1. The first-order chi connectivity index (χ1) is 13.1. The Balaban J connectivity index is 1.54. The lowest BCUT2D eigenvalue weighted by molar-refractivity contribution is 0.102. The number of rotatable bonds is 4. The zero-order valence-corrected chi connectivity index (χ0v) is 15.3. The predicted octanol–water partition coefficient (Wildman–Crippen LogP) is 3.44. The molecule has 0 radical (unpaired) electrons. The molecule has 8 heteroatoms. The highest BCUT2D eigenvalue weighted by Gasteiger charge is 2.12. The molecule has 0 atom stereocenters. The minimum atomic E-state index is -0.365. The Kier molecular flexibility index (Phi) is 4.39. The van der Waals surface area contributed by atoms with E-state index in [1.165, 1.54) is 6.20 Å². The van der Waals surface area contributed by atoms with Gasteiger partial charge in [-0.15, -0.1) is 11.3 Å². The summed E-state index contributed by atoms with van der Waals surface area (Å²) in [4.78, 5) is 22.1. The molecule has 0 saturated carbocycles. The third kappa shape index (κ3) is 3.56. The number of hydrogen-bond donors (Lipinski definition) is 2. The van der Waals surface area contributed by atoms with Crippen molar-refractivity contribution in [2.45, 2.75) is 0 Å². The van der Waals surface area contributed by atoms with Crippen molar-refractivity contribution >= 4 is 28.6 Å². The largest absolute Gasteiger partial charge is 0.397 e. The van der Waals surface area contributed by atoms with Gasteiger partial charge < -0.3 is 11.1 Å². The average Bonchev–Trinajstić information content (AvgIpc) is 3.35. The number of aryl methyl sites for hydroxylation is 1. The average molecular weight is 376 g/mol. The fraction of sp³-hybridized carbons (Fsp3) is 0.0526. The fourth-order valence-corrected chi connectivity index (χ4v) is 3.32. The number of benzene rings is 1. The molecule has 4 aromatic rings. The smallest absolute Gasteiger partial charge is 0.275 e. The van der Waals surface area contributed by atoms with Crippen LogP contribution in [0.25, 0.3) is 21.7 Å². The molecule has 3 N–H and O–H groups in total. The number of thiophene rings is 1. The summed E-state index contributed by atoms with van der Waals surface area (Å²) in [5.41, 5.74) is 9.74. The van der Waals surface area contributed by atoms with Crippen molar-refractivity contribution in [1.29, 1.82) is 0 Å². The zero-order chi connectivity index (χ0) is 18.8. The van der Waals surface area contributed by atoms with Crippen LogP contribution >= 0.6 is 11.3 Å². The fourth-order valence-electron chi connectivity index (χ4n) is 2.59. The van der Waals surface area contributed by atoms with Gasteiger partial charge in [-0.05, 0) is 29.1 Å². The third-order valence-corrected chi connectivity index (χ3v) is 4.91. The summed E-state index contributed by atoms with van der Waals surface area (Å²) in [6, 6.07) is 9.57. The van der Waals surface area contributed by atoms with E-state index in [9.17, 15) is 4.79 Å². The number of nitrogens with one attached hydrogen (secondary N) is 1. The van der Waals surface area contributed by atoms with Crippen LogP contribution in [-0.2, 0) is 7.05 Å². The maximum Gasteiger partial charge on any atom is 0.275 e. The van der Waals surface area contributed by atoms with E-state index in [4.69, 9.17) is 5.73 Å². The van der Waals surface area contributed by atoms with Gasteiger partial charge in [-0.25, -0.2) is 4.98 Å². The molecule has 0 bridgehead atoms. The van der Waals surface area contributed by atoms with Crippen molar-refractivity contribution in [3.05, 3.63) is 66.2 Å². The van der Waals surface area contributed by atoms with Gasteiger partial charge >= 0.3 is 0 Å². The molecule has 134 valence electrons. The molecule has 0 unspecified atom stereocenters. The maximum absolute atomic E-state index is 12.5. The minimum Gasteiger partial charge on any atom is -0.397 e. The van der Waals surface area contributed by atoms with Crippen LogP contribution in [-0.4, -0.2) is 25.7 Å². The van der Waals surface area contributed by atoms with Gasteiger partial charge in [-0.3, -0.25) is 14.5 Å². The number of hydrogen-bond acceptors (Lipinski definition) is 6. The van der Waals surface area contributed by atoms with E-state index in [0.29, 0.717) is 17.1 Å². The molecule has 7 nitrogen and oxygen atoms in total. The van der Waals surface area contributed by atoms with E-state index >= 15 is 0 Å². The Labute approximate surface area is 159 Å². The van der Waals surface area contributed by atoms with Gasteiger partial charge in [0.1, 0.15) is 5.69 Å². The number of carbonyl (C=O) groups is 1. The van der Waals surface area contributed by atoms with Crippen molar-refractivity contribution in [1.82, 2.24) is 19.7 Å². The number of nitrogens with zero attached hydrogens (tertiary/aromatic N) is 4. The third-order valence-electron chi connectivity index (χ3n) is 3.99. The highest BCUT2D eigenvalue weighted by molar-refractivity contribution is 7.13. The van der Waals surface area contributed by atoms with E-state index in [1.807, 2.05) is 42.9 Å². The molecule has 1 amide bonds. The lowest BCUT2D eigenvalue weighted by Crippen LogP contribution is -2.15. The van der Waals surface area contributed by atoms with Crippen molar-refractivity contribution < 1.29 is 4.79 Å². The molecule has 0 saturated heterocycles. The van der Waals surface area contributed by atoms with Crippen LogP contribution in [0, 0.1) is 0 Å². The van der Waals surface area contributed by atoms with E-state index in [1.54, 1.807) is 34.5 Å². The molecule has 0 aliphatic heterocycles. The number of nitrogen functional groups attached to an aromatic ring is 1. The van der Waals surface area contributed by atoms with Gasteiger partial charge in [0.25, 0.3) is 5.91 Å². The minimum absolute atomic E-state index is 0.212. The molecule has 1 aromatic carbocycles. The predicted molar refractivity (Wildman–Crippen MR) is 106 cm³/mol. The summed E-state index contributed by atoms with van der Waals surface area (Å²) in [5, 5.41) is 8.92. The molecule has 0 aliphatic carbocycles. The molecule has 4 rings (SSSR count). The maximum atomic E-state index is 12.5. The molecule has 0 aliphatic rings. The lowest BCUT2D eigenvalue weighted by Gasteiger charge is -2.09. The second-order valence-corrected chi connectivity index (χ2v) is 6.87. The van der Waals surface area contributed by atoms with Gasteiger partial charge in [0.2, 0.25) is 0 Å². The number of carbonyl (C=O) groups excluding carboxylic acids is 1. The SMILES string of the molecule is Cn1cc(-c2cnc(C(=O)Nc3cc(-c4cccs4)ccc3N)cn2)cn1.